The van der Waals surface area contributed by atoms with Crippen molar-refractivity contribution in [2.24, 2.45) is 5.92 Å². The fourth-order valence-corrected chi connectivity index (χ4v) is 0.520. The molecule has 0 spiro atoms. The van der Waals surface area contributed by atoms with E-state index in [0.29, 0.717) is 0 Å². The first-order valence-corrected chi connectivity index (χ1v) is 2.49. The van der Waals surface area contributed by atoms with Crippen molar-refractivity contribution in [1.82, 2.24) is 0 Å². The number of hydrogen-bond donors (Lipinski definition) is 1. The average Bonchev–Trinajstić information content (AvgIpc) is 2.43. The molecule has 0 heterocycles. The molecule has 0 atom stereocenters. The molecule has 46 valence electrons. The molecule has 1 aliphatic carbocycles. The number of ketones is 1. The van der Waals surface area contributed by atoms with Crippen LogP contribution in [0.25, 0.3) is 0 Å². The van der Waals surface area contributed by atoms with Gasteiger partial charge in [0.1, 0.15) is 0 Å². The number of Topliss-reactive ketones (excluding diaryl/α,β-unsaturated/α-hetero) is 1. The number of carbonyl (C=O) groups is 2. The second kappa shape index (κ2) is 3.83. The third-order valence-electron chi connectivity index (χ3n) is 1.16. The van der Waals surface area contributed by atoms with Crippen LogP contribution in [0, 0.1) is 5.92 Å². The van der Waals surface area contributed by atoms with Gasteiger partial charge in [0.15, 0.2) is 0 Å². The predicted molar refractivity (Wildman–Crippen MR) is 32.5 cm³/mol. The molecule has 0 aliphatic heterocycles. The van der Waals surface area contributed by atoms with Crippen LogP contribution < -0.4 is 0 Å². The Labute approximate surface area is 95.2 Å². The van der Waals surface area contributed by atoms with Gasteiger partial charge in [-0.1, -0.05) is 0 Å². The van der Waals surface area contributed by atoms with Crippen LogP contribution in [0.4, 0.5) is 0 Å². The van der Waals surface area contributed by atoms with E-state index in [-0.39, 0.29) is 57.3 Å². The Hall–Kier alpha value is 0.776. The Morgan fingerprint density at radius 2 is 1.78 bits per heavy atom. The predicted octanol–water partition coefficient (Wildman–Crippen LogP) is -0.598. The zero-order chi connectivity index (χ0) is 6.15. The van der Waals surface area contributed by atoms with E-state index in [2.05, 4.69) is 0 Å². The van der Waals surface area contributed by atoms with Crippen molar-refractivity contribution in [2.45, 2.75) is 12.8 Å². The maximum absolute atomic E-state index is 10.3. The number of hydrogen-bond acceptors (Lipinski definition) is 2. The van der Waals surface area contributed by atoms with Crippen LogP contribution in [0.2, 0.25) is 0 Å². The van der Waals surface area contributed by atoms with Crippen LogP contribution >= 0.6 is 0 Å². The SMILES string of the molecule is O=C(O)C(=O)C1CC1.[KH]. The zero-order valence-electron chi connectivity index (χ0n) is 4.26. The van der Waals surface area contributed by atoms with E-state index >= 15 is 0 Å². The third-order valence-corrected chi connectivity index (χ3v) is 1.16. The van der Waals surface area contributed by atoms with Gasteiger partial charge in [-0.3, -0.25) is 4.79 Å². The van der Waals surface area contributed by atoms with Gasteiger partial charge in [-0.05, 0) is 12.8 Å². The van der Waals surface area contributed by atoms with Gasteiger partial charge >= 0.3 is 57.4 Å². The van der Waals surface area contributed by atoms with Crippen LogP contribution in [-0.4, -0.2) is 68.2 Å². The van der Waals surface area contributed by atoms with Crippen LogP contribution in [0.15, 0.2) is 0 Å². The molecule has 1 saturated carbocycles. The Balaban J connectivity index is 0.000000640. The molecular formula is C5H7KO3. The van der Waals surface area contributed by atoms with Crippen LogP contribution in [0.1, 0.15) is 12.8 Å². The molecule has 0 radical (unpaired) electrons. The van der Waals surface area contributed by atoms with Gasteiger partial charge in [0.05, 0.1) is 0 Å². The summed E-state index contributed by atoms with van der Waals surface area (Å²) in [5.41, 5.74) is 0. The molecule has 1 rings (SSSR count). The van der Waals surface area contributed by atoms with E-state index < -0.39 is 11.8 Å². The minimum absolute atomic E-state index is 0. The molecule has 3 nitrogen and oxygen atoms in total. The second-order valence-electron chi connectivity index (χ2n) is 1.94. The van der Waals surface area contributed by atoms with Crippen LogP contribution in [-0.2, 0) is 9.59 Å². The molecule has 0 aromatic heterocycles. The molecule has 0 aromatic carbocycles. The Morgan fingerprint density at radius 3 is 1.89 bits per heavy atom. The van der Waals surface area contributed by atoms with Gasteiger partial charge in [0.25, 0.3) is 0 Å². The molecular weight excluding hydrogens is 147 g/mol. The van der Waals surface area contributed by atoms with Gasteiger partial charge in [-0.25, -0.2) is 4.79 Å². The summed E-state index contributed by atoms with van der Waals surface area (Å²) < 4.78 is 0. The van der Waals surface area contributed by atoms with E-state index in [0.717, 1.165) is 12.8 Å². The summed E-state index contributed by atoms with van der Waals surface area (Å²) in [6.07, 6.45) is 1.54. The summed E-state index contributed by atoms with van der Waals surface area (Å²) in [5, 5.41) is 8.04. The molecule has 0 saturated heterocycles. The summed E-state index contributed by atoms with van der Waals surface area (Å²) in [4.78, 5) is 20.1. The first-order chi connectivity index (χ1) is 3.72. The number of carboxylic acids is 1. The number of aliphatic carboxylic acids is 1. The Bertz CT molecular complexity index is 139. The van der Waals surface area contributed by atoms with Crippen molar-refractivity contribution >= 4 is 63.1 Å². The molecule has 4 heteroatoms. The molecule has 9 heavy (non-hydrogen) atoms. The first-order valence-electron chi connectivity index (χ1n) is 2.49. The standard InChI is InChI=1S/C5H6O3.K.H/c6-4(5(7)8)3-1-2-3;;/h3H,1-2H2,(H,7,8);;. The second-order valence-corrected chi connectivity index (χ2v) is 1.94. The maximum atomic E-state index is 10.3. The van der Waals surface area contributed by atoms with E-state index in [1.165, 1.54) is 0 Å². The van der Waals surface area contributed by atoms with Gasteiger partial charge in [-0.2, -0.15) is 0 Å². The van der Waals surface area contributed by atoms with Crippen molar-refractivity contribution in [3.8, 4) is 0 Å². The summed E-state index contributed by atoms with van der Waals surface area (Å²) in [7, 11) is 0. The number of carboxylic acid groups (broad SMARTS) is 1. The van der Waals surface area contributed by atoms with Crippen molar-refractivity contribution in [3.05, 3.63) is 0 Å². The molecule has 1 aliphatic rings. The van der Waals surface area contributed by atoms with Crippen molar-refractivity contribution in [3.63, 3.8) is 0 Å². The molecule has 0 bridgehead atoms. The summed E-state index contributed by atoms with van der Waals surface area (Å²) >= 11 is 0. The van der Waals surface area contributed by atoms with Gasteiger partial charge in [0.2, 0.25) is 5.78 Å². The first kappa shape index (κ1) is 9.78. The van der Waals surface area contributed by atoms with Gasteiger partial charge < -0.3 is 5.11 Å². The quantitative estimate of drug-likeness (QED) is 0.427. The summed E-state index contributed by atoms with van der Waals surface area (Å²) in [5.74, 6) is -2.05. The molecule has 1 N–H and O–H groups in total. The van der Waals surface area contributed by atoms with Gasteiger partial charge in [-0.15, -0.1) is 0 Å². The third kappa shape index (κ3) is 2.91. The fraction of sp³-hybridized carbons (Fsp3) is 0.600. The van der Waals surface area contributed by atoms with Crippen molar-refractivity contribution in [2.75, 3.05) is 0 Å². The van der Waals surface area contributed by atoms with E-state index in [1.807, 2.05) is 0 Å². The Morgan fingerprint density at radius 1 is 1.33 bits per heavy atom. The summed E-state index contributed by atoms with van der Waals surface area (Å²) in [6.45, 7) is 0. The van der Waals surface area contributed by atoms with Crippen LogP contribution in [0.5, 0.6) is 0 Å². The molecule has 0 amide bonds. The number of rotatable bonds is 2. The minimum atomic E-state index is -1.28. The topological polar surface area (TPSA) is 54.4 Å². The van der Waals surface area contributed by atoms with Crippen molar-refractivity contribution < 1.29 is 14.7 Å². The summed E-state index contributed by atoms with van der Waals surface area (Å²) in [6, 6.07) is 0. The van der Waals surface area contributed by atoms with E-state index in [1.54, 1.807) is 0 Å². The number of carbonyl (C=O) groups excluding carboxylic acids is 1. The average molecular weight is 154 g/mol. The normalized spacial score (nSPS) is 16.0. The van der Waals surface area contributed by atoms with Crippen molar-refractivity contribution in [1.29, 1.82) is 0 Å². The van der Waals surface area contributed by atoms with E-state index in [9.17, 15) is 9.59 Å². The zero-order valence-corrected chi connectivity index (χ0v) is 4.26. The molecule has 0 unspecified atom stereocenters. The molecule has 1 fully saturated rings. The Kier molecular flexibility index (Phi) is 4.16. The van der Waals surface area contributed by atoms with Crippen LogP contribution in [0.3, 0.4) is 0 Å². The van der Waals surface area contributed by atoms with Gasteiger partial charge in [0, 0.05) is 5.92 Å². The van der Waals surface area contributed by atoms with E-state index in [4.69, 9.17) is 5.11 Å². The molecule has 0 aromatic rings. The monoisotopic (exact) mass is 154 g/mol. The fourth-order valence-electron chi connectivity index (χ4n) is 0.520.